The summed E-state index contributed by atoms with van der Waals surface area (Å²) in [7, 11) is 0. The molecule has 0 spiro atoms. The summed E-state index contributed by atoms with van der Waals surface area (Å²) in [6.07, 6.45) is 3.87. The molecule has 1 saturated heterocycles. The Morgan fingerprint density at radius 3 is 2.76 bits per heavy atom. The van der Waals surface area contributed by atoms with E-state index in [-0.39, 0.29) is 0 Å². The van der Waals surface area contributed by atoms with Crippen molar-refractivity contribution in [3.63, 3.8) is 0 Å². The molecule has 94 valence electrons. The van der Waals surface area contributed by atoms with Gasteiger partial charge >= 0.3 is 0 Å². The summed E-state index contributed by atoms with van der Waals surface area (Å²) in [5.41, 5.74) is 2.80. The zero-order chi connectivity index (χ0) is 12.1. The Morgan fingerprint density at radius 2 is 2.06 bits per heavy atom. The van der Waals surface area contributed by atoms with Gasteiger partial charge in [-0.3, -0.25) is 0 Å². The van der Waals surface area contributed by atoms with Gasteiger partial charge in [0, 0.05) is 24.8 Å². The first-order valence-corrected chi connectivity index (χ1v) is 6.89. The third kappa shape index (κ3) is 3.22. The van der Waals surface area contributed by atoms with Crippen LogP contribution in [0.1, 0.15) is 44.7 Å². The minimum Gasteiger partial charge on any atom is -0.372 e. The maximum Gasteiger partial charge on any atom is 0.0369 e. The van der Waals surface area contributed by atoms with Crippen molar-refractivity contribution in [3.8, 4) is 0 Å². The fraction of sp³-hybridized carbons (Fsp3) is 0.600. The lowest BCUT2D eigenvalue weighted by atomic mass is 10.1. The van der Waals surface area contributed by atoms with E-state index in [2.05, 4.69) is 48.3 Å². The summed E-state index contributed by atoms with van der Waals surface area (Å²) < 4.78 is 0. The first-order valence-electron chi connectivity index (χ1n) is 6.89. The molecule has 1 aromatic rings. The third-order valence-electron chi connectivity index (χ3n) is 3.54. The van der Waals surface area contributed by atoms with Gasteiger partial charge in [-0.2, -0.15) is 0 Å². The van der Waals surface area contributed by atoms with Gasteiger partial charge in [-0.15, -0.1) is 0 Å². The monoisotopic (exact) mass is 232 g/mol. The van der Waals surface area contributed by atoms with Crippen LogP contribution in [0.5, 0.6) is 0 Å². The normalized spacial score (nSPS) is 17.4. The van der Waals surface area contributed by atoms with Crippen molar-refractivity contribution in [1.82, 2.24) is 5.32 Å². The first kappa shape index (κ1) is 12.4. The molecule has 0 aliphatic carbocycles. The highest BCUT2D eigenvalue weighted by atomic mass is 15.1. The molecule has 1 atom stereocenters. The molecule has 2 nitrogen and oxygen atoms in total. The standard InChI is InChI=1S/C15H24N2/c1-3-9-16-13(2)14-7-6-8-15(12-14)17-10-4-5-11-17/h6-8,12-13,16H,3-5,9-11H2,1-2H3. The van der Waals surface area contributed by atoms with E-state index in [0.717, 1.165) is 6.54 Å². The van der Waals surface area contributed by atoms with Gasteiger partial charge in [0.25, 0.3) is 0 Å². The molecule has 1 aliphatic rings. The lowest BCUT2D eigenvalue weighted by Crippen LogP contribution is -2.21. The predicted molar refractivity (Wildman–Crippen MR) is 74.6 cm³/mol. The van der Waals surface area contributed by atoms with Crippen LogP contribution in [0, 0.1) is 0 Å². The van der Waals surface area contributed by atoms with E-state index in [0.29, 0.717) is 6.04 Å². The maximum atomic E-state index is 3.55. The van der Waals surface area contributed by atoms with Crippen molar-refractivity contribution in [2.24, 2.45) is 0 Å². The number of nitrogens with one attached hydrogen (secondary N) is 1. The quantitative estimate of drug-likeness (QED) is 0.837. The van der Waals surface area contributed by atoms with Crippen molar-refractivity contribution < 1.29 is 0 Å². The average Bonchev–Trinajstić information content (AvgIpc) is 2.90. The lowest BCUT2D eigenvalue weighted by molar-refractivity contribution is 0.570. The van der Waals surface area contributed by atoms with Gasteiger partial charge < -0.3 is 10.2 Å². The zero-order valence-corrected chi connectivity index (χ0v) is 11.1. The number of benzene rings is 1. The van der Waals surface area contributed by atoms with E-state index < -0.39 is 0 Å². The number of hydrogen-bond donors (Lipinski definition) is 1. The highest BCUT2D eigenvalue weighted by molar-refractivity contribution is 5.49. The molecule has 0 bridgehead atoms. The van der Waals surface area contributed by atoms with Crippen LogP contribution in [0.3, 0.4) is 0 Å². The number of anilines is 1. The Bertz CT molecular complexity index is 343. The van der Waals surface area contributed by atoms with E-state index in [4.69, 9.17) is 0 Å². The lowest BCUT2D eigenvalue weighted by Gasteiger charge is -2.20. The first-order chi connectivity index (χ1) is 8.31. The highest BCUT2D eigenvalue weighted by Crippen LogP contribution is 2.23. The molecule has 1 N–H and O–H groups in total. The van der Waals surface area contributed by atoms with Crippen LogP contribution in [-0.4, -0.2) is 19.6 Å². The second kappa shape index (κ2) is 6.06. The molecule has 17 heavy (non-hydrogen) atoms. The Hall–Kier alpha value is -1.02. The molecule has 0 aromatic heterocycles. The van der Waals surface area contributed by atoms with Crippen LogP contribution >= 0.6 is 0 Å². The summed E-state index contributed by atoms with van der Waals surface area (Å²) in [4.78, 5) is 2.50. The molecule has 1 unspecified atom stereocenters. The van der Waals surface area contributed by atoms with Gasteiger partial charge in [-0.1, -0.05) is 19.1 Å². The van der Waals surface area contributed by atoms with Crippen molar-refractivity contribution in [2.45, 2.75) is 39.2 Å². The molecule has 2 heteroatoms. The molecule has 1 aromatic carbocycles. The molecule has 0 amide bonds. The largest absolute Gasteiger partial charge is 0.372 e. The Kier molecular flexibility index (Phi) is 4.43. The molecule has 1 heterocycles. The maximum absolute atomic E-state index is 3.55. The van der Waals surface area contributed by atoms with Crippen LogP contribution in [-0.2, 0) is 0 Å². The average molecular weight is 232 g/mol. The number of nitrogens with zero attached hydrogens (tertiary/aromatic N) is 1. The van der Waals surface area contributed by atoms with E-state index in [9.17, 15) is 0 Å². The fourth-order valence-corrected chi connectivity index (χ4v) is 2.44. The van der Waals surface area contributed by atoms with Crippen molar-refractivity contribution in [2.75, 3.05) is 24.5 Å². The predicted octanol–water partition coefficient (Wildman–Crippen LogP) is 3.35. The molecule has 1 aliphatic heterocycles. The number of hydrogen-bond acceptors (Lipinski definition) is 2. The van der Waals surface area contributed by atoms with E-state index >= 15 is 0 Å². The van der Waals surface area contributed by atoms with Crippen LogP contribution in [0.2, 0.25) is 0 Å². The minimum atomic E-state index is 0.456. The molecule has 1 fully saturated rings. The van der Waals surface area contributed by atoms with Gasteiger partial charge in [0.1, 0.15) is 0 Å². The Balaban J connectivity index is 2.05. The van der Waals surface area contributed by atoms with Crippen LogP contribution < -0.4 is 10.2 Å². The molecule has 2 rings (SSSR count). The topological polar surface area (TPSA) is 15.3 Å². The SMILES string of the molecule is CCCNC(C)c1cccc(N2CCCC2)c1. The third-order valence-corrected chi connectivity index (χ3v) is 3.54. The van der Waals surface area contributed by atoms with Gasteiger partial charge in [0.05, 0.1) is 0 Å². The molecular formula is C15H24N2. The smallest absolute Gasteiger partial charge is 0.0369 e. The van der Waals surface area contributed by atoms with Crippen LogP contribution in [0.4, 0.5) is 5.69 Å². The van der Waals surface area contributed by atoms with E-state index in [1.807, 2.05) is 0 Å². The van der Waals surface area contributed by atoms with E-state index in [1.54, 1.807) is 0 Å². The number of rotatable bonds is 5. The van der Waals surface area contributed by atoms with Crippen LogP contribution in [0.15, 0.2) is 24.3 Å². The minimum absolute atomic E-state index is 0.456. The second-order valence-corrected chi connectivity index (χ2v) is 4.96. The van der Waals surface area contributed by atoms with Crippen molar-refractivity contribution >= 4 is 5.69 Å². The molecular weight excluding hydrogens is 208 g/mol. The summed E-state index contributed by atoms with van der Waals surface area (Å²) >= 11 is 0. The molecule has 0 radical (unpaired) electrons. The van der Waals surface area contributed by atoms with Gasteiger partial charge in [0.15, 0.2) is 0 Å². The summed E-state index contributed by atoms with van der Waals surface area (Å²) in [5, 5.41) is 3.55. The van der Waals surface area contributed by atoms with Gasteiger partial charge in [-0.05, 0) is 50.4 Å². The van der Waals surface area contributed by atoms with Gasteiger partial charge in [-0.25, -0.2) is 0 Å². The Morgan fingerprint density at radius 1 is 1.29 bits per heavy atom. The second-order valence-electron chi connectivity index (χ2n) is 4.96. The molecule has 0 saturated carbocycles. The fourth-order valence-electron chi connectivity index (χ4n) is 2.44. The summed E-state index contributed by atoms with van der Waals surface area (Å²) in [6.45, 7) is 7.99. The highest BCUT2D eigenvalue weighted by Gasteiger charge is 2.13. The Labute approximate surface area is 105 Å². The van der Waals surface area contributed by atoms with E-state index in [1.165, 1.54) is 43.6 Å². The summed E-state index contributed by atoms with van der Waals surface area (Å²) in [6, 6.07) is 9.46. The van der Waals surface area contributed by atoms with Crippen molar-refractivity contribution in [3.05, 3.63) is 29.8 Å². The van der Waals surface area contributed by atoms with Crippen molar-refractivity contribution in [1.29, 1.82) is 0 Å². The zero-order valence-electron chi connectivity index (χ0n) is 11.1. The summed E-state index contributed by atoms with van der Waals surface area (Å²) in [5.74, 6) is 0. The van der Waals surface area contributed by atoms with Gasteiger partial charge in [0.2, 0.25) is 0 Å². The van der Waals surface area contributed by atoms with Crippen LogP contribution in [0.25, 0.3) is 0 Å².